The predicted molar refractivity (Wildman–Crippen MR) is 146 cm³/mol. The maximum atomic E-state index is 13.4. The van der Waals surface area contributed by atoms with Gasteiger partial charge in [0.1, 0.15) is 15.9 Å². The van der Waals surface area contributed by atoms with Gasteiger partial charge in [0.05, 0.1) is 28.0 Å². The average molecular weight is 570 g/mol. The Balaban J connectivity index is 1.69. The highest BCUT2D eigenvalue weighted by Gasteiger charge is 2.24. The number of carbonyl (C=O) groups is 1. The third-order valence-corrected chi connectivity index (χ3v) is 8.63. The number of esters is 1. The number of para-hydroxylation sites is 1. The van der Waals surface area contributed by atoms with Gasteiger partial charge in [0.2, 0.25) is 10.0 Å². The van der Waals surface area contributed by atoms with E-state index in [1.807, 2.05) is 0 Å². The molecule has 0 aliphatic rings. The Kier molecular flexibility index (Phi) is 8.17. The zero-order chi connectivity index (χ0) is 27.4. The SMILES string of the molecule is CCOC(=O)c1sc(N)c(C#N)c1CSc1nc2ccccc2c(=O)n1CCc1ccc(S(N)(=O)=O)cc1. The number of nitrogens with zero attached hydrogens (tertiary/aromatic N) is 3. The Labute approximate surface area is 226 Å². The fourth-order valence-corrected chi connectivity index (χ4v) is 6.38. The number of nitrogens with two attached hydrogens (primary N) is 2. The van der Waals surface area contributed by atoms with Crippen LogP contribution in [0.2, 0.25) is 0 Å². The quantitative estimate of drug-likeness (QED) is 0.174. The maximum absolute atomic E-state index is 13.4. The van der Waals surface area contributed by atoms with Crippen LogP contribution in [0, 0.1) is 11.3 Å². The van der Waals surface area contributed by atoms with Crippen molar-refractivity contribution in [2.75, 3.05) is 12.3 Å². The molecule has 0 amide bonds. The van der Waals surface area contributed by atoms with Crippen molar-refractivity contribution in [3.8, 4) is 6.07 Å². The van der Waals surface area contributed by atoms with E-state index in [1.54, 1.807) is 43.3 Å². The lowest BCUT2D eigenvalue weighted by Crippen LogP contribution is -2.24. The second kappa shape index (κ2) is 11.4. The van der Waals surface area contributed by atoms with Crippen molar-refractivity contribution in [1.82, 2.24) is 9.55 Å². The fourth-order valence-electron chi connectivity index (χ4n) is 3.79. The van der Waals surface area contributed by atoms with Crippen molar-refractivity contribution in [2.24, 2.45) is 5.14 Å². The van der Waals surface area contributed by atoms with E-state index in [9.17, 15) is 23.3 Å². The first kappa shape index (κ1) is 27.3. The van der Waals surface area contributed by atoms with Gasteiger partial charge in [-0.3, -0.25) is 9.36 Å². The first-order chi connectivity index (χ1) is 18.1. The molecular formula is C25H23N5O5S3. The van der Waals surface area contributed by atoms with Crippen LogP contribution < -0.4 is 16.4 Å². The summed E-state index contributed by atoms with van der Waals surface area (Å²) in [7, 11) is -3.81. The van der Waals surface area contributed by atoms with Crippen molar-refractivity contribution in [3.05, 3.63) is 80.5 Å². The molecule has 0 aliphatic carbocycles. The summed E-state index contributed by atoms with van der Waals surface area (Å²) in [6, 6.07) is 15.2. The molecule has 0 saturated carbocycles. The molecule has 38 heavy (non-hydrogen) atoms. The van der Waals surface area contributed by atoms with E-state index < -0.39 is 16.0 Å². The number of hydrogen-bond donors (Lipinski definition) is 2. The summed E-state index contributed by atoms with van der Waals surface area (Å²) >= 11 is 2.21. The topological polar surface area (TPSA) is 171 Å². The van der Waals surface area contributed by atoms with Crippen LogP contribution in [0.1, 0.15) is 33.3 Å². The number of aryl methyl sites for hydroxylation is 1. The maximum Gasteiger partial charge on any atom is 0.348 e. The van der Waals surface area contributed by atoms with Gasteiger partial charge in [-0.15, -0.1) is 11.3 Å². The summed E-state index contributed by atoms with van der Waals surface area (Å²) in [5, 5.41) is 15.9. The second-order valence-corrected chi connectivity index (χ2v) is 11.6. The highest BCUT2D eigenvalue weighted by Crippen LogP contribution is 2.35. The highest BCUT2D eigenvalue weighted by atomic mass is 32.2. The Morgan fingerprint density at radius 1 is 1.21 bits per heavy atom. The fraction of sp³-hybridized carbons (Fsp3) is 0.200. The zero-order valence-corrected chi connectivity index (χ0v) is 22.7. The predicted octanol–water partition coefficient (Wildman–Crippen LogP) is 3.27. The second-order valence-electron chi connectivity index (χ2n) is 8.08. The van der Waals surface area contributed by atoms with Gasteiger partial charge in [-0.2, -0.15) is 5.26 Å². The van der Waals surface area contributed by atoms with Crippen LogP contribution in [-0.4, -0.2) is 30.5 Å². The lowest BCUT2D eigenvalue weighted by molar-refractivity contribution is 0.0531. The number of benzene rings is 2. The van der Waals surface area contributed by atoms with Crippen LogP contribution >= 0.6 is 23.1 Å². The van der Waals surface area contributed by atoms with E-state index in [0.29, 0.717) is 28.0 Å². The van der Waals surface area contributed by atoms with E-state index >= 15 is 0 Å². The third kappa shape index (κ3) is 5.73. The molecule has 4 rings (SSSR count). The molecule has 10 nitrogen and oxygen atoms in total. The number of ether oxygens (including phenoxy) is 1. The smallest absolute Gasteiger partial charge is 0.348 e. The van der Waals surface area contributed by atoms with Gasteiger partial charge in [-0.1, -0.05) is 36.0 Å². The molecular weight excluding hydrogens is 547 g/mol. The van der Waals surface area contributed by atoms with Crippen molar-refractivity contribution in [3.63, 3.8) is 0 Å². The zero-order valence-electron chi connectivity index (χ0n) is 20.2. The molecule has 196 valence electrons. The first-order valence-electron chi connectivity index (χ1n) is 11.4. The molecule has 0 radical (unpaired) electrons. The third-order valence-electron chi connectivity index (χ3n) is 5.66. The molecule has 0 spiro atoms. The Hall–Kier alpha value is -3.70. The summed E-state index contributed by atoms with van der Waals surface area (Å²) in [4.78, 5) is 30.9. The number of rotatable bonds is 9. The number of thioether (sulfide) groups is 1. The number of fused-ring (bicyclic) bond motifs is 1. The van der Waals surface area contributed by atoms with Crippen molar-refractivity contribution in [1.29, 1.82) is 5.26 Å². The van der Waals surface area contributed by atoms with Crippen LogP contribution in [0.25, 0.3) is 10.9 Å². The molecule has 4 aromatic rings. The number of aromatic nitrogens is 2. The van der Waals surface area contributed by atoms with Gasteiger partial charge in [-0.25, -0.2) is 23.3 Å². The Morgan fingerprint density at radius 3 is 2.58 bits per heavy atom. The van der Waals surface area contributed by atoms with E-state index in [4.69, 9.17) is 15.6 Å². The Morgan fingerprint density at radius 2 is 1.92 bits per heavy atom. The number of nitriles is 1. The minimum atomic E-state index is -3.81. The standard InChI is InChI=1S/C25H23N5O5S3/c1-2-35-24(32)21-19(18(13-26)22(27)37-21)14-36-25-29-20-6-4-3-5-17(20)23(31)30(25)12-11-15-7-9-16(10-8-15)38(28,33)34/h3-10H,2,11-12,14,27H2,1H3,(H2,28,33,34). The number of carbonyl (C=O) groups excluding carboxylic acids is 1. The average Bonchev–Trinajstić information content (AvgIpc) is 3.22. The summed E-state index contributed by atoms with van der Waals surface area (Å²) < 4.78 is 29.7. The minimum absolute atomic E-state index is 0.00257. The van der Waals surface area contributed by atoms with Gasteiger partial charge in [-0.05, 0) is 43.2 Å². The number of sulfonamides is 1. The van der Waals surface area contributed by atoms with Crippen LogP contribution in [0.5, 0.6) is 0 Å². The molecule has 0 bridgehead atoms. The van der Waals surface area contributed by atoms with Crippen molar-refractivity contribution in [2.45, 2.75) is 35.7 Å². The molecule has 2 heterocycles. The number of thiophene rings is 1. The number of primary sulfonamides is 1. The summed E-state index contributed by atoms with van der Waals surface area (Å²) in [6.07, 6.45) is 0.418. The summed E-state index contributed by atoms with van der Waals surface area (Å²) in [5.74, 6) is -0.397. The number of nitrogen functional groups attached to an aromatic ring is 1. The van der Waals surface area contributed by atoms with Crippen molar-refractivity contribution >= 4 is 55.0 Å². The van der Waals surface area contributed by atoms with Gasteiger partial charge >= 0.3 is 5.97 Å². The molecule has 0 aliphatic heterocycles. The molecule has 13 heteroatoms. The molecule has 2 aromatic heterocycles. The largest absolute Gasteiger partial charge is 0.462 e. The number of anilines is 1. The molecule has 0 atom stereocenters. The summed E-state index contributed by atoms with van der Waals surface area (Å²) in [6.45, 7) is 2.12. The van der Waals surface area contributed by atoms with Crippen LogP contribution in [0.15, 0.2) is 63.4 Å². The molecule has 0 fully saturated rings. The van der Waals surface area contributed by atoms with Gasteiger partial charge in [0.25, 0.3) is 5.56 Å². The van der Waals surface area contributed by atoms with Gasteiger partial charge in [0.15, 0.2) is 5.16 Å². The van der Waals surface area contributed by atoms with Gasteiger partial charge < -0.3 is 10.5 Å². The highest BCUT2D eigenvalue weighted by molar-refractivity contribution is 7.98. The molecule has 2 aromatic carbocycles. The normalized spacial score (nSPS) is 11.4. The lowest BCUT2D eigenvalue weighted by atomic mass is 10.1. The van der Waals surface area contributed by atoms with E-state index in [2.05, 4.69) is 11.1 Å². The molecule has 4 N–H and O–H groups in total. The number of hydrogen-bond acceptors (Lipinski definition) is 10. The minimum Gasteiger partial charge on any atom is -0.462 e. The van der Waals surface area contributed by atoms with Crippen LogP contribution in [-0.2, 0) is 33.5 Å². The van der Waals surface area contributed by atoms with E-state index in [1.165, 1.54) is 28.5 Å². The first-order valence-corrected chi connectivity index (χ1v) is 14.7. The summed E-state index contributed by atoms with van der Waals surface area (Å²) in [5.41, 5.74) is 7.72. The van der Waals surface area contributed by atoms with Crippen LogP contribution in [0.4, 0.5) is 5.00 Å². The van der Waals surface area contributed by atoms with E-state index in [0.717, 1.165) is 16.9 Å². The molecule has 0 unspecified atom stereocenters. The molecule has 0 saturated heterocycles. The van der Waals surface area contributed by atoms with Gasteiger partial charge in [0, 0.05) is 17.9 Å². The van der Waals surface area contributed by atoms with Crippen LogP contribution in [0.3, 0.4) is 0 Å². The van der Waals surface area contributed by atoms with E-state index in [-0.39, 0.29) is 44.8 Å². The lowest BCUT2D eigenvalue weighted by Gasteiger charge is -2.14. The van der Waals surface area contributed by atoms with Crippen molar-refractivity contribution < 1.29 is 17.9 Å². The Bertz CT molecular complexity index is 1720. The monoisotopic (exact) mass is 569 g/mol.